The molecule has 0 aromatic carbocycles. The van der Waals surface area contributed by atoms with Gasteiger partial charge in [-0.15, -0.1) is 0 Å². The number of pyridine rings is 1. The number of amides is 1. The van der Waals surface area contributed by atoms with E-state index in [1.807, 2.05) is 19.9 Å². The number of ether oxygens (including phenoxy) is 2. The summed E-state index contributed by atoms with van der Waals surface area (Å²) in [6, 6.07) is 3.52. The number of nitrogens with zero attached hydrogens (tertiary/aromatic N) is 1. The normalized spacial score (nSPS) is 17.3. The summed E-state index contributed by atoms with van der Waals surface area (Å²) in [5.41, 5.74) is 1.47. The van der Waals surface area contributed by atoms with Crippen molar-refractivity contribution in [2.75, 3.05) is 13.2 Å². The number of hydrogen-bond acceptors (Lipinski definition) is 5. The molecular weight excluding hydrogens is 344 g/mol. The zero-order chi connectivity index (χ0) is 19.2. The molecule has 0 saturated heterocycles. The maximum atomic E-state index is 12.6. The van der Waals surface area contributed by atoms with Crippen LogP contribution in [0.2, 0.25) is 0 Å². The first-order valence-electron chi connectivity index (χ1n) is 10.2. The number of nitrogens with one attached hydrogen (secondary N) is 1. The number of esters is 1. The fourth-order valence-corrected chi connectivity index (χ4v) is 2.87. The van der Waals surface area contributed by atoms with Crippen LogP contribution in [0.1, 0.15) is 80.8 Å². The van der Waals surface area contributed by atoms with E-state index >= 15 is 0 Å². The summed E-state index contributed by atoms with van der Waals surface area (Å²) in [5.74, 6) is 1.28. The summed E-state index contributed by atoms with van der Waals surface area (Å²) in [7, 11) is 0. The van der Waals surface area contributed by atoms with Gasteiger partial charge in [0, 0.05) is 12.0 Å². The van der Waals surface area contributed by atoms with Crippen molar-refractivity contribution < 1.29 is 19.1 Å². The Labute approximate surface area is 161 Å². The van der Waals surface area contributed by atoms with Gasteiger partial charge in [-0.25, -0.2) is 4.98 Å². The van der Waals surface area contributed by atoms with Crippen molar-refractivity contribution in [3.05, 3.63) is 23.4 Å². The number of hydrogen-bond donors (Lipinski definition) is 1. The number of carbonyl (C=O) groups is 2. The highest BCUT2D eigenvalue weighted by Crippen LogP contribution is 2.44. The van der Waals surface area contributed by atoms with Crippen molar-refractivity contribution in [3.8, 4) is 5.88 Å². The second-order valence-electron chi connectivity index (χ2n) is 7.63. The molecule has 148 valence electrons. The lowest BCUT2D eigenvalue weighted by Crippen LogP contribution is -2.38. The van der Waals surface area contributed by atoms with Gasteiger partial charge in [-0.05, 0) is 56.4 Å². The molecule has 2 aliphatic carbocycles. The average Bonchev–Trinajstić information content (AvgIpc) is 3.57. The SMILES string of the molecule is CCCC(=O)OCC(CC)NC(=O)c1ccc(C2CC2)c(OCC2CC2)n1. The molecule has 0 spiro atoms. The molecule has 0 aliphatic heterocycles. The maximum absolute atomic E-state index is 12.6. The summed E-state index contributed by atoms with van der Waals surface area (Å²) < 4.78 is 11.2. The second-order valence-corrected chi connectivity index (χ2v) is 7.63. The van der Waals surface area contributed by atoms with E-state index in [4.69, 9.17) is 9.47 Å². The van der Waals surface area contributed by atoms with Crippen LogP contribution in [0.4, 0.5) is 0 Å². The Morgan fingerprint density at radius 3 is 2.63 bits per heavy atom. The smallest absolute Gasteiger partial charge is 0.305 e. The van der Waals surface area contributed by atoms with E-state index in [1.54, 1.807) is 6.07 Å². The fourth-order valence-electron chi connectivity index (χ4n) is 2.87. The molecule has 1 heterocycles. The van der Waals surface area contributed by atoms with E-state index in [2.05, 4.69) is 10.3 Å². The van der Waals surface area contributed by atoms with E-state index in [-0.39, 0.29) is 24.5 Å². The van der Waals surface area contributed by atoms with Gasteiger partial charge in [0.05, 0.1) is 12.6 Å². The van der Waals surface area contributed by atoms with Gasteiger partial charge in [-0.1, -0.05) is 19.9 Å². The molecule has 3 rings (SSSR count). The third-order valence-electron chi connectivity index (χ3n) is 5.02. The Bertz CT molecular complexity index is 668. The van der Waals surface area contributed by atoms with Gasteiger partial charge in [-0.3, -0.25) is 9.59 Å². The van der Waals surface area contributed by atoms with Crippen molar-refractivity contribution >= 4 is 11.9 Å². The summed E-state index contributed by atoms with van der Waals surface area (Å²) >= 11 is 0. The molecule has 1 atom stereocenters. The molecule has 27 heavy (non-hydrogen) atoms. The summed E-state index contributed by atoms with van der Waals surface area (Å²) in [5, 5.41) is 2.91. The topological polar surface area (TPSA) is 77.5 Å². The number of aromatic nitrogens is 1. The Balaban J connectivity index is 1.60. The molecule has 6 nitrogen and oxygen atoms in total. The fraction of sp³-hybridized carbons (Fsp3) is 0.667. The second kappa shape index (κ2) is 9.20. The standard InChI is InChI=1S/C21H30N2O4/c1-3-5-19(24)26-13-16(4-2)22-20(25)18-11-10-17(15-8-9-15)21(23-18)27-12-14-6-7-14/h10-11,14-16H,3-9,12-13H2,1-2H3,(H,22,25). The minimum Gasteiger partial charge on any atom is -0.477 e. The zero-order valence-electron chi connectivity index (χ0n) is 16.3. The van der Waals surface area contributed by atoms with Crippen molar-refractivity contribution in [1.29, 1.82) is 0 Å². The summed E-state index contributed by atoms with van der Waals surface area (Å²) in [6.07, 6.45) is 6.58. The van der Waals surface area contributed by atoms with E-state index in [0.717, 1.165) is 24.8 Å². The third kappa shape index (κ3) is 5.94. The first-order chi connectivity index (χ1) is 13.1. The number of rotatable bonds is 11. The third-order valence-corrected chi connectivity index (χ3v) is 5.02. The van der Waals surface area contributed by atoms with Crippen LogP contribution in [0.25, 0.3) is 0 Å². The van der Waals surface area contributed by atoms with Crippen LogP contribution in [0.15, 0.2) is 12.1 Å². The van der Waals surface area contributed by atoms with E-state index < -0.39 is 0 Å². The monoisotopic (exact) mass is 374 g/mol. The van der Waals surface area contributed by atoms with Gasteiger partial charge < -0.3 is 14.8 Å². The highest BCUT2D eigenvalue weighted by molar-refractivity contribution is 5.92. The van der Waals surface area contributed by atoms with Crippen LogP contribution in [0, 0.1) is 5.92 Å². The molecule has 0 radical (unpaired) electrons. The van der Waals surface area contributed by atoms with Gasteiger partial charge >= 0.3 is 5.97 Å². The van der Waals surface area contributed by atoms with E-state index in [1.165, 1.54) is 12.8 Å². The first-order valence-corrected chi connectivity index (χ1v) is 10.2. The van der Waals surface area contributed by atoms with Gasteiger partial charge in [0.1, 0.15) is 12.3 Å². The van der Waals surface area contributed by atoms with E-state index in [9.17, 15) is 9.59 Å². The van der Waals surface area contributed by atoms with Crippen molar-refractivity contribution in [1.82, 2.24) is 10.3 Å². The zero-order valence-corrected chi connectivity index (χ0v) is 16.3. The molecule has 2 aliphatic rings. The van der Waals surface area contributed by atoms with Gasteiger partial charge in [-0.2, -0.15) is 0 Å². The van der Waals surface area contributed by atoms with E-state index in [0.29, 0.717) is 42.9 Å². The molecule has 0 bridgehead atoms. The lowest BCUT2D eigenvalue weighted by molar-refractivity contribution is -0.144. The van der Waals surface area contributed by atoms with Crippen LogP contribution < -0.4 is 10.1 Å². The Hall–Kier alpha value is -2.11. The largest absolute Gasteiger partial charge is 0.477 e. The average molecular weight is 374 g/mol. The quantitative estimate of drug-likeness (QED) is 0.599. The molecule has 1 aromatic rings. The lowest BCUT2D eigenvalue weighted by Gasteiger charge is -2.17. The van der Waals surface area contributed by atoms with Crippen LogP contribution in [0.5, 0.6) is 5.88 Å². The highest BCUT2D eigenvalue weighted by Gasteiger charge is 2.30. The molecule has 2 saturated carbocycles. The number of carbonyl (C=O) groups excluding carboxylic acids is 2. The lowest BCUT2D eigenvalue weighted by atomic mass is 10.1. The molecule has 6 heteroatoms. The molecule has 1 N–H and O–H groups in total. The van der Waals surface area contributed by atoms with Gasteiger partial charge in [0.15, 0.2) is 0 Å². The summed E-state index contributed by atoms with van der Waals surface area (Å²) in [4.78, 5) is 28.7. The molecule has 1 unspecified atom stereocenters. The predicted molar refractivity (Wildman–Crippen MR) is 102 cm³/mol. The highest BCUT2D eigenvalue weighted by atomic mass is 16.5. The maximum Gasteiger partial charge on any atom is 0.305 e. The van der Waals surface area contributed by atoms with Crippen LogP contribution in [-0.4, -0.2) is 36.1 Å². The van der Waals surface area contributed by atoms with Gasteiger partial charge in [0.25, 0.3) is 5.91 Å². The Morgan fingerprint density at radius 2 is 2.00 bits per heavy atom. The van der Waals surface area contributed by atoms with Crippen molar-refractivity contribution in [3.63, 3.8) is 0 Å². The Morgan fingerprint density at radius 1 is 1.22 bits per heavy atom. The minimum absolute atomic E-state index is 0.187. The molecule has 1 amide bonds. The van der Waals surface area contributed by atoms with Crippen molar-refractivity contribution in [2.45, 2.75) is 70.8 Å². The van der Waals surface area contributed by atoms with Crippen LogP contribution in [-0.2, 0) is 9.53 Å². The Kier molecular flexibility index (Phi) is 6.69. The molecule has 2 fully saturated rings. The van der Waals surface area contributed by atoms with Crippen molar-refractivity contribution in [2.24, 2.45) is 5.92 Å². The molecular formula is C21H30N2O4. The first kappa shape index (κ1) is 19.6. The minimum atomic E-state index is -0.257. The van der Waals surface area contributed by atoms with Crippen LogP contribution in [0.3, 0.4) is 0 Å². The summed E-state index contributed by atoms with van der Waals surface area (Å²) in [6.45, 7) is 4.75. The predicted octanol–water partition coefficient (Wildman–Crippen LogP) is 3.60. The molecule has 1 aromatic heterocycles. The van der Waals surface area contributed by atoms with Gasteiger partial charge in [0.2, 0.25) is 5.88 Å². The van der Waals surface area contributed by atoms with Crippen LogP contribution >= 0.6 is 0 Å².